The van der Waals surface area contributed by atoms with Crippen LogP contribution in [0.1, 0.15) is 48.8 Å². The van der Waals surface area contributed by atoms with Gasteiger partial charge in [-0.15, -0.1) is 0 Å². The van der Waals surface area contributed by atoms with Crippen molar-refractivity contribution < 1.29 is 4.74 Å². The summed E-state index contributed by atoms with van der Waals surface area (Å²) in [7, 11) is 0. The molecule has 1 aromatic rings. The lowest BCUT2D eigenvalue weighted by Gasteiger charge is -2.26. The third-order valence-corrected chi connectivity index (χ3v) is 4.08. The van der Waals surface area contributed by atoms with Gasteiger partial charge in [0.15, 0.2) is 0 Å². The van der Waals surface area contributed by atoms with E-state index in [0.29, 0.717) is 0 Å². The molecule has 2 N–H and O–H groups in total. The second-order valence-electron chi connectivity index (χ2n) is 5.92. The Balaban J connectivity index is 2.03. The maximum absolute atomic E-state index is 6.13. The number of rotatable bonds is 7. The summed E-state index contributed by atoms with van der Waals surface area (Å²) in [6, 6.07) is 4.50. The second kappa shape index (κ2) is 6.95. The fourth-order valence-corrected chi connectivity index (χ4v) is 2.76. The van der Waals surface area contributed by atoms with Gasteiger partial charge in [0.25, 0.3) is 0 Å². The topological polar surface area (TPSA) is 35.2 Å². The molecule has 1 saturated carbocycles. The van der Waals surface area contributed by atoms with Crippen molar-refractivity contribution in [2.75, 3.05) is 13.2 Å². The van der Waals surface area contributed by atoms with Gasteiger partial charge in [0.05, 0.1) is 6.61 Å². The molecular weight excluding hydrogens is 234 g/mol. The number of unbranched alkanes of at least 4 members (excludes halogenated alkanes) is 1. The van der Waals surface area contributed by atoms with Crippen LogP contribution < -0.4 is 10.5 Å². The smallest absolute Gasteiger partial charge is 0.125 e. The summed E-state index contributed by atoms with van der Waals surface area (Å²) in [5.74, 6) is 1.92. The molecule has 1 aliphatic carbocycles. The average molecular weight is 261 g/mol. The maximum Gasteiger partial charge on any atom is 0.125 e. The Morgan fingerprint density at radius 1 is 1.21 bits per heavy atom. The number of benzene rings is 1. The molecule has 19 heavy (non-hydrogen) atoms. The monoisotopic (exact) mass is 261 g/mol. The van der Waals surface area contributed by atoms with Crippen molar-refractivity contribution >= 4 is 0 Å². The molecule has 0 aliphatic heterocycles. The normalized spacial score (nSPS) is 15.3. The van der Waals surface area contributed by atoms with E-state index in [9.17, 15) is 0 Å². The molecule has 0 heterocycles. The molecule has 1 aromatic carbocycles. The molecular formula is C17H27NO. The number of ether oxygens (including phenoxy) is 1. The lowest BCUT2D eigenvalue weighted by molar-refractivity contribution is 0.178. The van der Waals surface area contributed by atoms with Crippen LogP contribution in [-0.4, -0.2) is 13.2 Å². The first kappa shape index (κ1) is 14.4. The quantitative estimate of drug-likeness (QED) is 0.758. The number of nitrogens with two attached hydrogens (primary N) is 1. The van der Waals surface area contributed by atoms with Gasteiger partial charge in [0.2, 0.25) is 0 Å². The molecule has 0 saturated heterocycles. The first-order chi connectivity index (χ1) is 9.20. The van der Waals surface area contributed by atoms with Crippen molar-refractivity contribution in [3.63, 3.8) is 0 Å². The Labute approximate surface area is 117 Å². The van der Waals surface area contributed by atoms with Crippen LogP contribution in [-0.2, 0) is 6.42 Å². The van der Waals surface area contributed by atoms with E-state index in [-0.39, 0.29) is 0 Å². The fraction of sp³-hybridized carbons (Fsp3) is 0.647. The van der Waals surface area contributed by atoms with Crippen molar-refractivity contribution in [2.24, 2.45) is 11.7 Å². The number of aryl methyl sites for hydroxylation is 3. The average Bonchev–Trinajstić information content (AvgIpc) is 2.30. The SMILES string of the molecule is Cc1cc(C)c(OCC2CCC2)c(CCCCN)c1. The van der Waals surface area contributed by atoms with Gasteiger partial charge in [0, 0.05) is 0 Å². The highest BCUT2D eigenvalue weighted by atomic mass is 16.5. The zero-order chi connectivity index (χ0) is 13.7. The van der Waals surface area contributed by atoms with Gasteiger partial charge in [-0.25, -0.2) is 0 Å². The summed E-state index contributed by atoms with van der Waals surface area (Å²) in [5, 5.41) is 0. The molecule has 2 nitrogen and oxygen atoms in total. The maximum atomic E-state index is 6.13. The first-order valence-corrected chi connectivity index (χ1v) is 7.63. The van der Waals surface area contributed by atoms with Crippen LogP contribution in [0.15, 0.2) is 12.1 Å². The van der Waals surface area contributed by atoms with Crippen LogP contribution in [0.2, 0.25) is 0 Å². The molecule has 106 valence electrons. The Morgan fingerprint density at radius 3 is 2.63 bits per heavy atom. The molecule has 0 bridgehead atoms. The summed E-state index contributed by atoms with van der Waals surface area (Å²) in [5.41, 5.74) is 9.56. The van der Waals surface area contributed by atoms with Gasteiger partial charge in [-0.05, 0) is 69.5 Å². The van der Waals surface area contributed by atoms with Crippen LogP contribution in [0.5, 0.6) is 5.75 Å². The highest BCUT2D eigenvalue weighted by Gasteiger charge is 2.19. The lowest BCUT2D eigenvalue weighted by atomic mass is 9.86. The molecule has 2 heteroatoms. The third-order valence-electron chi connectivity index (χ3n) is 4.08. The van der Waals surface area contributed by atoms with Crippen molar-refractivity contribution in [1.29, 1.82) is 0 Å². The summed E-state index contributed by atoms with van der Waals surface area (Å²) >= 11 is 0. The Bertz CT molecular complexity index is 410. The predicted octanol–water partition coefficient (Wildman–Crippen LogP) is 3.76. The molecule has 0 atom stereocenters. The van der Waals surface area contributed by atoms with Crippen LogP contribution >= 0.6 is 0 Å². The zero-order valence-electron chi connectivity index (χ0n) is 12.4. The molecule has 0 unspecified atom stereocenters. The van der Waals surface area contributed by atoms with E-state index >= 15 is 0 Å². The molecule has 0 radical (unpaired) electrons. The molecule has 2 rings (SSSR count). The van der Waals surface area contributed by atoms with Crippen LogP contribution in [0.4, 0.5) is 0 Å². The van der Waals surface area contributed by atoms with Gasteiger partial charge in [-0.2, -0.15) is 0 Å². The molecule has 1 aliphatic rings. The van der Waals surface area contributed by atoms with E-state index in [4.69, 9.17) is 10.5 Å². The van der Waals surface area contributed by atoms with E-state index in [0.717, 1.165) is 44.1 Å². The summed E-state index contributed by atoms with van der Waals surface area (Å²) in [4.78, 5) is 0. The molecule has 1 fully saturated rings. The summed E-state index contributed by atoms with van der Waals surface area (Å²) in [6.07, 6.45) is 7.39. The predicted molar refractivity (Wildman–Crippen MR) is 80.7 cm³/mol. The van der Waals surface area contributed by atoms with E-state index in [2.05, 4.69) is 26.0 Å². The van der Waals surface area contributed by atoms with Gasteiger partial charge in [0.1, 0.15) is 5.75 Å². The van der Waals surface area contributed by atoms with Gasteiger partial charge < -0.3 is 10.5 Å². The van der Waals surface area contributed by atoms with Gasteiger partial charge in [-0.1, -0.05) is 24.1 Å². The Hall–Kier alpha value is -1.02. The molecule has 0 amide bonds. The van der Waals surface area contributed by atoms with Gasteiger partial charge >= 0.3 is 0 Å². The summed E-state index contributed by atoms with van der Waals surface area (Å²) in [6.45, 7) is 6.00. The minimum absolute atomic E-state index is 0.781. The minimum Gasteiger partial charge on any atom is -0.493 e. The minimum atomic E-state index is 0.781. The highest BCUT2D eigenvalue weighted by molar-refractivity contribution is 5.44. The summed E-state index contributed by atoms with van der Waals surface area (Å²) < 4.78 is 6.13. The van der Waals surface area contributed by atoms with E-state index in [1.54, 1.807) is 0 Å². The van der Waals surface area contributed by atoms with E-state index < -0.39 is 0 Å². The van der Waals surface area contributed by atoms with Crippen LogP contribution in [0, 0.1) is 19.8 Å². The third kappa shape index (κ3) is 3.97. The van der Waals surface area contributed by atoms with E-state index in [1.807, 2.05) is 0 Å². The van der Waals surface area contributed by atoms with Gasteiger partial charge in [-0.3, -0.25) is 0 Å². The first-order valence-electron chi connectivity index (χ1n) is 7.63. The molecule has 0 spiro atoms. The van der Waals surface area contributed by atoms with Crippen molar-refractivity contribution in [1.82, 2.24) is 0 Å². The lowest BCUT2D eigenvalue weighted by Crippen LogP contribution is -2.20. The van der Waals surface area contributed by atoms with Crippen molar-refractivity contribution in [3.05, 3.63) is 28.8 Å². The Morgan fingerprint density at radius 2 is 2.00 bits per heavy atom. The zero-order valence-corrected chi connectivity index (χ0v) is 12.4. The second-order valence-corrected chi connectivity index (χ2v) is 5.92. The Kier molecular flexibility index (Phi) is 5.26. The number of hydrogen-bond donors (Lipinski definition) is 1. The molecule has 0 aromatic heterocycles. The largest absolute Gasteiger partial charge is 0.493 e. The number of hydrogen-bond acceptors (Lipinski definition) is 2. The van der Waals surface area contributed by atoms with Crippen LogP contribution in [0.25, 0.3) is 0 Å². The fourth-order valence-electron chi connectivity index (χ4n) is 2.76. The van der Waals surface area contributed by atoms with Crippen molar-refractivity contribution in [3.8, 4) is 5.75 Å². The van der Waals surface area contributed by atoms with Crippen LogP contribution in [0.3, 0.4) is 0 Å². The highest BCUT2D eigenvalue weighted by Crippen LogP contribution is 2.31. The van der Waals surface area contributed by atoms with Crippen molar-refractivity contribution in [2.45, 2.75) is 52.4 Å². The van der Waals surface area contributed by atoms with E-state index in [1.165, 1.54) is 36.0 Å². The standard InChI is InChI=1S/C17H27NO/c1-13-10-14(2)17(19-12-15-6-5-7-15)16(11-13)8-3-4-9-18/h10-11,15H,3-9,12,18H2,1-2H3.